The third-order valence-corrected chi connectivity index (χ3v) is 2.90. The number of ether oxygens (including phenoxy) is 2. The number of ketones is 1. The zero-order chi connectivity index (χ0) is 16.0. The fourth-order valence-corrected chi connectivity index (χ4v) is 1.74. The van der Waals surface area contributed by atoms with E-state index in [2.05, 4.69) is 0 Å². The van der Waals surface area contributed by atoms with Crippen LogP contribution in [0.1, 0.15) is 37.0 Å². The first-order valence-electron chi connectivity index (χ1n) is 6.01. The van der Waals surface area contributed by atoms with E-state index in [9.17, 15) is 19.2 Å². The van der Waals surface area contributed by atoms with Gasteiger partial charge in [-0.25, -0.2) is 0 Å². The van der Waals surface area contributed by atoms with Crippen LogP contribution in [-0.2, 0) is 14.4 Å². The molecule has 0 heterocycles. The number of hydrogen-bond acceptors (Lipinski definition) is 6. The van der Waals surface area contributed by atoms with E-state index in [1.165, 1.54) is 32.0 Å². The van der Waals surface area contributed by atoms with Crippen LogP contribution in [0.2, 0.25) is 0 Å². The van der Waals surface area contributed by atoms with Crippen molar-refractivity contribution in [3.63, 3.8) is 0 Å². The Kier molecular flexibility index (Phi) is 6.47. The van der Waals surface area contributed by atoms with Crippen LogP contribution < -0.4 is 9.47 Å². The summed E-state index contributed by atoms with van der Waals surface area (Å²) in [5, 5.41) is 0. The number of Topliss-reactive ketones (excluding diaryl/α,β-unsaturated/α-hetero) is 1. The second-order valence-corrected chi connectivity index (χ2v) is 5.22. The maximum absolute atomic E-state index is 11.6. The lowest BCUT2D eigenvalue weighted by molar-refractivity contribution is -0.135. The highest BCUT2D eigenvalue weighted by Crippen LogP contribution is 2.25. The monoisotopic (exact) mass is 404 g/mol. The Hall–Kier alpha value is -1.77. The van der Waals surface area contributed by atoms with E-state index < -0.39 is 11.9 Å². The molecule has 0 aliphatic rings. The molecule has 1 aromatic rings. The average molecular weight is 404 g/mol. The SMILES string of the molecule is CC(=O)CCC(=O)Oc1cc(OC(C)=O)cc(C(=O)I)c1. The van der Waals surface area contributed by atoms with Crippen molar-refractivity contribution < 1.29 is 28.7 Å². The highest BCUT2D eigenvalue weighted by Gasteiger charge is 2.12. The van der Waals surface area contributed by atoms with Gasteiger partial charge in [-0.1, -0.05) is 0 Å². The van der Waals surface area contributed by atoms with Gasteiger partial charge in [0.2, 0.25) is 3.79 Å². The molecule has 1 aromatic carbocycles. The normalized spacial score (nSPS) is 9.86. The Bertz CT molecular complexity index is 593. The predicted octanol–water partition coefficient (Wildman–Crippen LogP) is 2.46. The highest BCUT2D eigenvalue weighted by atomic mass is 127. The molecule has 0 radical (unpaired) electrons. The van der Waals surface area contributed by atoms with Crippen LogP contribution in [0.25, 0.3) is 0 Å². The first kappa shape index (κ1) is 17.3. The largest absolute Gasteiger partial charge is 0.427 e. The Labute approximate surface area is 134 Å². The summed E-state index contributed by atoms with van der Waals surface area (Å²) in [6.45, 7) is 2.60. The summed E-state index contributed by atoms with van der Waals surface area (Å²) in [7, 11) is 0. The molecule has 6 nitrogen and oxygen atoms in total. The van der Waals surface area contributed by atoms with Crippen molar-refractivity contribution in [2.75, 3.05) is 0 Å². The lowest BCUT2D eigenvalue weighted by Gasteiger charge is -2.08. The molecule has 0 spiro atoms. The second kappa shape index (κ2) is 7.87. The molecule has 7 heteroatoms. The second-order valence-electron chi connectivity index (χ2n) is 4.24. The maximum atomic E-state index is 11.6. The number of hydrogen-bond donors (Lipinski definition) is 0. The summed E-state index contributed by atoms with van der Waals surface area (Å²) in [6, 6.07) is 4.08. The van der Waals surface area contributed by atoms with Gasteiger partial charge in [0, 0.05) is 47.6 Å². The van der Waals surface area contributed by atoms with Crippen LogP contribution in [0, 0.1) is 0 Å². The number of carbonyl (C=O) groups is 4. The van der Waals surface area contributed by atoms with Gasteiger partial charge in [0.15, 0.2) is 0 Å². The van der Waals surface area contributed by atoms with E-state index in [1.807, 2.05) is 0 Å². The molecular weight excluding hydrogens is 391 g/mol. The topological polar surface area (TPSA) is 86.7 Å². The van der Waals surface area contributed by atoms with E-state index in [-0.39, 0.29) is 39.5 Å². The van der Waals surface area contributed by atoms with Gasteiger partial charge < -0.3 is 14.3 Å². The standard InChI is InChI=1S/C14H13IO6/c1-8(16)3-4-13(18)21-12-6-10(14(15)19)5-11(7-12)20-9(2)17/h5-7H,3-4H2,1-2H3. The number of benzene rings is 1. The first-order chi connectivity index (χ1) is 9.77. The van der Waals surface area contributed by atoms with Crippen molar-refractivity contribution in [1.82, 2.24) is 0 Å². The predicted molar refractivity (Wildman–Crippen MR) is 81.7 cm³/mol. The van der Waals surface area contributed by atoms with Crippen molar-refractivity contribution in [1.29, 1.82) is 0 Å². The third-order valence-electron chi connectivity index (χ3n) is 2.28. The molecule has 0 fully saturated rings. The molecule has 112 valence electrons. The third kappa shape index (κ3) is 6.48. The Morgan fingerprint density at radius 2 is 1.52 bits per heavy atom. The summed E-state index contributed by atoms with van der Waals surface area (Å²) in [4.78, 5) is 44.7. The summed E-state index contributed by atoms with van der Waals surface area (Å²) in [6.07, 6.45) is 0.0290. The minimum atomic E-state index is -0.600. The van der Waals surface area contributed by atoms with E-state index >= 15 is 0 Å². The van der Waals surface area contributed by atoms with Crippen molar-refractivity contribution >= 4 is 44.1 Å². The molecule has 0 aliphatic carbocycles. The van der Waals surface area contributed by atoms with Crippen LogP contribution in [0.5, 0.6) is 11.5 Å². The van der Waals surface area contributed by atoms with Crippen LogP contribution in [-0.4, -0.2) is 21.5 Å². The van der Waals surface area contributed by atoms with Gasteiger partial charge in [-0.3, -0.25) is 14.4 Å². The summed E-state index contributed by atoms with van der Waals surface area (Å²) in [5.74, 6) is -1.08. The van der Waals surface area contributed by atoms with Gasteiger partial charge in [0.25, 0.3) is 0 Å². The van der Waals surface area contributed by atoms with Gasteiger partial charge in [0.1, 0.15) is 17.3 Å². The van der Waals surface area contributed by atoms with Crippen molar-refractivity contribution in [3.05, 3.63) is 23.8 Å². The Morgan fingerprint density at radius 3 is 2.00 bits per heavy atom. The summed E-state index contributed by atoms with van der Waals surface area (Å²) in [5.41, 5.74) is 0.240. The molecule has 0 bridgehead atoms. The number of rotatable bonds is 6. The fourth-order valence-electron chi connectivity index (χ4n) is 1.43. The molecule has 1 rings (SSSR count). The molecule has 0 atom stereocenters. The fraction of sp³-hybridized carbons (Fsp3) is 0.286. The van der Waals surface area contributed by atoms with Gasteiger partial charge in [-0.2, -0.15) is 0 Å². The molecule has 0 N–H and O–H groups in total. The maximum Gasteiger partial charge on any atom is 0.311 e. The van der Waals surface area contributed by atoms with Crippen molar-refractivity contribution in [2.45, 2.75) is 26.7 Å². The average Bonchev–Trinajstić information content (AvgIpc) is 2.35. The Balaban J connectivity index is 2.92. The van der Waals surface area contributed by atoms with Crippen LogP contribution >= 0.6 is 22.6 Å². The van der Waals surface area contributed by atoms with Crippen molar-refractivity contribution in [2.24, 2.45) is 0 Å². The number of halogens is 1. The van der Waals surface area contributed by atoms with E-state index in [4.69, 9.17) is 9.47 Å². The molecular formula is C14H13IO6. The quantitative estimate of drug-likeness (QED) is 0.313. The lowest BCUT2D eigenvalue weighted by atomic mass is 10.2. The van der Waals surface area contributed by atoms with E-state index in [0.717, 1.165) is 0 Å². The molecule has 0 aliphatic heterocycles. The highest BCUT2D eigenvalue weighted by molar-refractivity contribution is 14.1. The zero-order valence-corrected chi connectivity index (χ0v) is 13.6. The molecule has 0 aromatic heterocycles. The minimum Gasteiger partial charge on any atom is -0.427 e. The lowest BCUT2D eigenvalue weighted by Crippen LogP contribution is -2.10. The van der Waals surface area contributed by atoms with Crippen LogP contribution in [0.15, 0.2) is 18.2 Å². The zero-order valence-electron chi connectivity index (χ0n) is 11.5. The van der Waals surface area contributed by atoms with E-state index in [1.54, 1.807) is 22.6 Å². The molecule has 0 unspecified atom stereocenters. The van der Waals surface area contributed by atoms with Gasteiger partial charge in [-0.05, 0) is 19.1 Å². The van der Waals surface area contributed by atoms with Crippen LogP contribution in [0.4, 0.5) is 0 Å². The smallest absolute Gasteiger partial charge is 0.311 e. The minimum absolute atomic E-state index is 0.0549. The van der Waals surface area contributed by atoms with Gasteiger partial charge in [-0.15, -0.1) is 0 Å². The van der Waals surface area contributed by atoms with Crippen molar-refractivity contribution in [3.8, 4) is 11.5 Å². The first-order valence-corrected chi connectivity index (χ1v) is 7.09. The number of carbonyl (C=O) groups excluding carboxylic acids is 4. The Morgan fingerprint density at radius 1 is 0.952 bits per heavy atom. The number of esters is 2. The summed E-state index contributed by atoms with van der Waals surface area (Å²) < 4.78 is 9.64. The van der Waals surface area contributed by atoms with Crippen LogP contribution in [0.3, 0.4) is 0 Å². The molecule has 0 saturated carbocycles. The van der Waals surface area contributed by atoms with E-state index in [0.29, 0.717) is 0 Å². The van der Waals surface area contributed by atoms with Gasteiger partial charge >= 0.3 is 11.9 Å². The molecule has 0 saturated heterocycles. The molecule has 21 heavy (non-hydrogen) atoms. The molecule has 0 amide bonds. The summed E-state index contributed by atoms with van der Waals surface area (Å²) >= 11 is 1.57. The van der Waals surface area contributed by atoms with Gasteiger partial charge in [0.05, 0.1) is 6.42 Å².